The molecule has 0 saturated carbocycles. The van der Waals surface area contributed by atoms with Crippen LogP contribution >= 0.6 is 0 Å². The van der Waals surface area contributed by atoms with Crippen molar-refractivity contribution in [2.45, 2.75) is 30.7 Å². The Labute approximate surface area is 118 Å². The van der Waals surface area contributed by atoms with Gasteiger partial charge in [-0.05, 0) is 37.6 Å². The van der Waals surface area contributed by atoms with Crippen molar-refractivity contribution in [3.05, 3.63) is 23.8 Å². The van der Waals surface area contributed by atoms with Crippen LogP contribution < -0.4 is 5.32 Å². The molecule has 2 atom stereocenters. The Morgan fingerprint density at radius 2 is 2.10 bits per heavy atom. The Kier molecular flexibility index (Phi) is 3.86. The van der Waals surface area contributed by atoms with Gasteiger partial charge in [0.05, 0.1) is 17.4 Å². The lowest BCUT2D eigenvalue weighted by Crippen LogP contribution is -2.37. The number of amides is 1. The summed E-state index contributed by atoms with van der Waals surface area (Å²) >= 11 is 0. The van der Waals surface area contributed by atoms with Crippen LogP contribution in [0.15, 0.2) is 23.1 Å². The molecule has 1 aliphatic rings. The van der Waals surface area contributed by atoms with Gasteiger partial charge in [0.2, 0.25) is 15.9 Å². The fourth-order valence-corrected chi connectivity index (χ4v) is 3.46. The zero-order valence-corrected chi connectivity index (χ0v) is 12.4. The molecule has 7 heteroatoms. The maximum Gasteiger partial charge on any atom is 0.243 e. The first-order chi connectivity index (χ1) is 9.28. The number of sulfonamides is 1. The van der Waals surface area contributed by atoms with E-state index in [1.807, 2.05) is 0 Å². The van der Waals surface area contributed by atoms with Crippen LogP contribution in [-0.4, -0.2) is 43.4 Å². The lowest BCUT2D eigenvalue weighted by Gasteiger charge is -2.22. The summed E-state index contributed by atoms with van der Waals surface area (Å²) in [7, 11) is -2.25. The zero-order chi connectivity index (χ0) is 15.1. The highest BCUT2D eigenvalue weighted by atomic mass is 32.2. The van der Waals surface area contributed by atoms with E-state index in [1.165, 1.54) is 19.2 Å². The molecule has 1 aromatic carbocycles. The molecule has 20 heavy (non-hydrogen) atoms. The van der Waals surface area contributed by atoms with Gasteiger partial charge >= 0.3 is 0 Å². The average Bonchev–Trinajstić information content (AvgIpc) is 2.72. The summed E-state index contributed by atoms with van der Waals surface area (Å²) in [5, 5.41) is 11.8. The monoisotopic (exact) mass is 298 g/mol. The molecule has 1 aromatic rings. The van der Waals surface area contributed by atoms with E-state index in [9.17, 15) is 13.2 Å². The van der Waals surface area contributed by atoms with E-state index < -0.39 is 16.1 Å². The first kappa shape index (κ1) is 15.0. The molecule has 0 bridgehead atoms. The second kappa shape index (κ2) is 5.16. The van der Waals surface area contributed by atoms with Crippen molar-refractivity contribution in [2.24, 2.45) is 0 Å². The second-order valence-electron chi connectivity index (χ2n) is 5.01. The van der Waals surface area contributed by atoms with E-state index >= 15 is 0 Å². The number of nitrogens with one attached hydrogen (secondary N) is 1. The lowest BCUT2D eigenvalue weighted by atomic mass is 10.0. The van der Waals surface area contributed by atoms with Crippen LogP contribution in [0.1, 0.15) is 25.3 Å². The molecule has 0 aromatic heterocycles. The van der Waals surface area contributed by atoms with Crippen LogP contribution in [0.25, 0.3) is 0 Å². The van der Waals surface area contributed by atoms with Gasteiger partial charge in [0.25, 0.3) is 0 Å². The smallest absolute Gasteiger partial charge is 0.243 e. The van der Waals surface area contributed by atoms with Crippen LogP contribution in [0, 0.1) is 0 Å². The second-order valence-corrected chi connectivity index (χ2v) is 7.01. The number of rotatable bonds is 4. The molecular formula is C13H18N2O4S. The fourth-order valence-electron chi connectivity index (χ4n) is 2.07. The number of carbonyl (C=O) groups is 1. The maximum absolute atomic E-state index is 12.4. The third-order valence-electron chi connectivity index (χ3n) is 3.70. The van der Waals surface area contributed by atoms with Gasteiger partial charge in [-0.3, -0.25) is 4.79 Å². The Balaban J connectivity index is 2.43. The highest BCUT2D eigenvalue weighted by molar-refractivity contribution is 7.89. The van der Waals surface area contributed by atoms with Crippen LogP contribution in [0.2, 0.25) is 0 Å². The van der Waals surface area contributed by atoms with E-state index in [2.05, 4.69) is 5.32 Å². The number of carbonyl (C=O) groups excluding carboxylic acids is 1. The average molecular weight is 298 g/mol. The minimum absolute atomic E-state index is 0.127. The summed E-state index contributed by atoms with van der Waals surface area (Å²) in [5.74, 6) is -0.493. The van der Waals surface area contributed by atoms with E-state index in [-0.39, 0.29) is 23.3 Å². The summed E-state index contributed by atoms with van der Waals surface area (Å²) in [6.07, 6.45) is 0. The molecule has 2 unspecified atom stereocenters. The molecule has 0 radical (unpaired) electrons. The number of aliphatic hydroxyl groups excluding tert-OH is 1. The van der Waals surface area contributed by atoms with Gasteiger partial charge in [-0.15, -0.1) is 0 Å². The first-order valence-electron chi connectivity index (χ1n) is 6.32. The number of anilines is 1. The molecule has 0 spiro atoms. The van der Waals surface area contributed by atoms with Gasteiger partial charge in [-0.2, -0.15) is 4.31 Å². The van der Waals surface area contributed by atoms with Gasteiger partial charge in [0.1, 0.15) is 0 Å². The first-order valence-corrected chi connectivity index (χ1v) is 7.76. The van der Waals surface area contributed by atoms with Crippen LogP contribution in [0.3, 0.4) is 0 Å². The van der Waals surface area contributed by atoms with Crippen molar-refractivity contribution in [2.75, 3.05) is 19.0 Å². The molecule has 0 saturated heterocycles. The molecule has 2 N–H and O–H groups in total. The van der Waals surface area contributed by atoms with Gasteiger partial charge in [-0.25, -0.2) is 8.42 Å². The summed E-state index contributed by atoms with van der Waals surface area (Å²) in [5.41, 5.74) is 1.33. The third-order valence-corrected chi connectivity index (χ3v) is 5.67. The minimum atomic E-state index is -3.68. The SMILES string of the molecule is CC1C(=O)Nc2ccc(S(=O)(=O)N(C)C(C)CO)cc21. The predicted molar refractivity (Wildman–Crippen MR) is 75.0 cm³/mol. The Bertz CT molecular complexity index is 642. The topological polar surface area (TPSA) is 86.7 Å². The lowest BCUT2D eigenvalue weighted by molar-refractivity contribution is -0.116. The molecular weight excluding hydrogens is 280 g/mol. The molecule has 110 valence electrons. The molecule has 1 heterocycles. The Morgan fingerprint density at radius 3 is 2.70 bits per heavy atom. The molecule has 6 nitrogen and oxygen atoms in total. The minimum Gasteiger partial charge on any atom is -0.395 e. The molecule has 1 aliphatic heterocycles. The van der Waals surface area contributed by atoms with Gasteiger partial charge in [-0.1, -0.05) is 0 Å². The van der Waals surface area contributed by atoms with Gasteiger partial charge in [0.15, 0.2) is 0 Å². The number of hydrogen-bond acceptors (Lipinski definition) is 4. The number of fused-ring (bicyclic) bond motifs is 1. The van der Waals surface area contributed by atoms with Crippen molar-refractivity contribution >= 4 is 21.6 Å². The summed E-state index contributed by atoms with van der Waals surface area (Å²) < 4.78 is 26.0. The summed E-state index contributed by atoms with van der Waals surface area (Å²) in [4.78, 5) is 11.7. The zero-order valence-electron chi connectivity index (χ0n) is 11.6. The van der Waals surface area contributed by atoms with Crippen molar-refractivity contribution in [1.29, 1.82) is 0 Å². The summed E-state index contributed by atoms with van der Waals surface area (Å²) in [6.45, 7) is 3.10. The van der Waals surface area contributed by atoms with Crippen molar-refractivity contribution in [1.82, 2.24) is 4.31 Å². The molecule has 0 fully saturated rings. The van der Waals surface area contributed by atoms with Crippen molar-refractivity contribution in [3.63, 3.8) is 0 Å². The number of hydrogen-bond donors (Lipinski definition) is 2. The molecule has 1 amide bonds. The third kappa shape index (κ3) is 2.32. The predicted octanol–water partition coefficient (Wildman–Crippen LogP) is 0.743. The maximum atomic E-state index is 12.4. The highest BCUT2D eigenvalue weighted by Crippen LogP contribution is 2.34. The van der Waals surface area contributed by atoms with E-state index in [1.54, 1.807) is 19.9 Å². The van der Waals surface area contributed by atoms with Crippen LogP contribution in [-0.2, 0) is 14.8 Å². The number of aliphatic hydroxyl groups is 1. The van der Waals surface area contributed by atoms with Gasteiger partial charge < -0.3 is 10.4 Å². The summed E-state index contributed by atoms with van der Waals surface area (Å²) in [6, 6.07) is 4.08. The number of benzene rings is 1. The van der Waals surface area contributed by atoms with Crippen LogP contribution in [0.5, 0.6) is 0 Å². The number of likely N-dealkylation sites (N-methyl/N-ethyl adjacent to an activating group) is 1. The van der Waals surface area contributed by atoms with E-state index in [0.717, 1.165) is 4.31 Å². The Hall–Kier alpha value is -1.44. The van der Waals surface area contributed by atoms with Crippen LogP contribution in [0.4, 0.5) is 5.69 Å². The van der Waals surface area contributed by atoms with Gasteiger partial charge in [0, 0.05) is 18.8 Å². The number of nitrogens with zero attached hydrogens (tertiary/aromatic N) is 1. The molecule has 2 rings (SSSR count). The largest absolute Gasteiger partial charge is 0.395 e. The van der Waals surface area contributed by atoms with E-state index in [0.29, 0.717) is 11.3 Å². The standard InChI is InChI=1S/C13H18N2O4S/c1-8(7-16)15(3)20(18,19)10-4-5-12-11(6-10)9(2)13(17)14-12/h4-6,8-9,16H,7H2,1-3H3,(H,14,17). The van der Waals surface area contributed by atoms with E-state index in [4.69, 9.17) is 5.11 Å². The quantitative estimate of drug-likeness (QED) is 0.858. The van der Waals surface area contributed by atoms with Crippen molar-refractivity contribution in [3.8, 4) is 0 Å². The molecule has 0 aliphatic carbocycles. The van der Waals surface area contributed by atoms with Crippen molar-refractivity contribution < 1.29 is 18.3 Å². The Morgan fingerprint density at radius 1 is 1.45 bits per heavy atom. The fraction of sp³-hybridized carbons (Fsp3) is 0.462. The normalized spacial score (nSPS) is 19.9. The highest BCUT2D eigenvalue weighted by Gasteiger charge is 2.30.